The van der Waals surface area contributed by atoms with E-state index in [4.69, 9.17) is 9.47 Å². The van der Waals surface area contributed by atoms with Gasteiger partial charge in [-0.15, -0.1) is 0 Å². The molecule has 0 spiro atoms. The number of hydrogen-bond donors (Lipinski definition) is 1. The number of carbonyl (C=O) groups is 2. The maximum atomic E-state index is 12.0. The number of rotatable bonds is 4. The first kappa shape index (κ1) is 16.3. The maximum absolute atomic E-state index is 12.0. The molecule has 0 radical (unpaired) electrons. The molecule has 20 heavy (non-hydrogen) atoms. The van der Waals surface area contributed by atoms with Crippen molar-refractivity contribution in [3.05, 3.63) is 12.2 Å². The third-order valence-electron chi connectivity index (χ3n) is 3.23. The zero-order valence-corrected chi connectivity index (χ0v) is 12.6. The van der Waals surface area contributed by atoms with Crippen LogP contribution in [0.25, 0.3) is 0 Å². The van der Waals surface area contributed by atoms with Gasteiger partial charge in [-0.05, 0) is 26.2 Å². The van der Waals surface area contributed by atoms with Crippen LogP contribution in [0, 0.1) is 11.8 Å². The Morgan fingerprint density at radius 1 is 1.30 bits per heavy atom. The summed E-state index contributed by atoms with van der Waals surface area (Å²) in [6.07, 6.45) is 3.59. The van der Waals surface area contributed by atoms with Crippen LogP contribution in [-0.4, -0.2) is 36.5 Å². The third-order valence-corrected chi connectivity index (χ3v) is 3.23. The van der Waals surface area contributed by atoms with E-state index in [-0.39, 0.29) is 25.2 Å². The van der Waals surface area contributed by atoms with Gasteiger partial charge in [0.15, 0.2) is 0 Å². The predicted molar refractivity (Wildman–Crippen MR) is 74.9 cm³/mol. The number of hydrazine groups is 1. The number of carbonyl (C=O) groups excluding carboxylic acids is 2. The van der Waals surface area contributed by atoms with Crippen LogP contribution in [0.2, 0.25) is 0 Å². The molecule has 0 aromatic heterocycles. The molecule has 0 aliphatic heterocycles. The molecule has 0 heterocycles. The van der Waals surface area contributed by atoms with Gasteiger partial charge in [-0.25, -0.2) is 20.0 Å². The van der Waals surface area contributed by atoms with Gasteiger partial charge in [0.25, 0.3) is 0 Å². The fraction of sp³-hybridized carbons (Fsp3) is 0.714. The molecule has 0 aromatic carbocycles. The Hall–Kier alpha value is -1.72. The summed E-state index contributed by atoms with van der Waals surface area (Å²) in [4.78, 5) is 23.6. The van der Waals surface area contributed by atoms with E-state index in [1.54, 1.807) is 13.8 Å². The average molecular weight is 284 g/mol. The van der Waals surface area contributed by atoms with Gasteiger partial charge in [-0.2, -0.15) is 0 Å². The van der Waals surface area contributed by atoms with E-state index in [0.29, 0.717) is 12.3 Å². The standard InChI is InChI=1S/C14H24N2O4/c1-5-19-13(17)15-16(14(18)20-6-2)12-9-7-8-11(12)10(3)4/h7-8,10-12H,5-6,9H2,1-4H3,(H,15,17)/t11-,12+/m1/s1. The van der Waals surface area contributed by atoms with Crippen molar-refractivity contribution in [2.24, 2.45) is 11.8 Å². The number of nitrogens with zero attached hydrogens (tertiary/aromatic N) is 1. The van der Waals surface area contributed by atoms with Crippen LogP contribution in [0.1, 0.15) is 34.1 Å². The molecular weight excluding hydrogens is 260 g/mol. The Balaban J connectivity index is 2.81. The van der Waals surface area contributed by atoms with E-state index in [1.807, 2.05) is 6.08 Å². The van der Waals surface area contributed by atoms with E-state index in [0.717, 1.165) is 0 Å². The fourth-order valence-corrected chi connectivity index (χ4v) is 2.32. The Bertz CT molecular complexity index is 368. The maximum Gasteiger partial charge on any atom is 0.429 e. The van der Waals surface area contributed by atoms with Crippen molar-refractivity contribution in [1.82, 2.24) is 10.4 Å². The molecule has 1 aliphatic carbocycles. The number of nitrogens with one attached hydrogen (secondary N) is 1. The number of ether oxygens (including phenoxy) is 2. The quantitative estimate of drug-likeness (QED) is 0.636. The smallest absolute Gasteiger partial charge is 0.429 e. The molecule has 1 rings (SSSR count). The van der Waals surface area contributed by atoms with E-state index in [1.165, 1.54) is 5.01 Å². The lowest BCUT2D eigenvalue weighted by Crippen LogP contribution is -2.54. The van der Waals surface area contributed by atoms with Crippen LogP contribution in [0.5, 0.6) is 0 Å². The van der Waals surface area contributed by atoms with Crippen molar-refractivity contribution in [3.8, 4) is 0 Å². The molecule has 0 aromatic rings. The first-order valence-corrected chi connectivity index (χ1v) is 7.07. The highest BCUT2D eigenvalue weighted by molar-refractivity contribution is 5.74. The molecule has 2 atom stereocenters. The Morgan fingerprint density at radius 2 is 1.95 bits per heavy atom. The van der Waals surface area contributed by atoms with Crippen LogP contribution in [-0.2, 0) is 9.47 Å². The van der Waals surface area contributed by atoms with E-state index in [9.17, 15) is 9.59 Å². The second-order valence-electron chi connectivity index (χ2n) is 4.95. The molecule has 2 amide bonds. The monoisotopic (exact) mass is 284 g/mol. The normalized spacial score (nSPS) is 20.9. The van der Waals surface area contributed by atoms with Gasteiger partial charge >= 0.3 is 12.2 Å². The minimum atomic E-state index is -0.644. The first-order chi connectivity index (χ1) is 9.51. The Kier molecular flexibility index (Phi) is 6.35. The summed E-state index contributed by atoms with van der Waals surface area (Å²) in [7, 11) is 0. The fourth-order valence-electron chi connectivity index (χ4n) is 2.32. The molecule has 0 bridgehead atoms. The zero-order valence-electron chi connectivity index (χ0n) is 12.6. The topological polar surface area (TPSA) is 67.9 Å². The van der Waals surface area contributed by atoms with Gasteiger partial charge in [0, 0.05) is 5.92 Å². The molecule has 114 valence electrons. The lowest BCUT2D eigenvalue weighted by Gasteiger charge is -2.33. The van der Waals surface area contributed by atoms with Crippen LogP contribution in [0.4, 0.5) is 9.59 Å². The summed E-state index contributed by atoms with van der Waals surface area (Å²) in [5, 5.41) is 1.26. The molecule has 6 heteroatoms. The third kappa shape index (κ3) is 4.15. The molecule has 0 fully saturated rings. The minimum Gasteiger partial charge on any atom is -0.449 e. The van der Waals surface area contributed by atoms with Crippen molar-refractivity contribution in [2.45, 2.75) is 40.2 Å². The molecule has 0 saturated heterocycles. The SMILES string of the molecule is CCOC(=O)NN(C(=O)OCC)[C@H]1CC=C[C@@H]1C(C)C. The summed E-state index contributed by atoms with van der Waals surface area (Å²) in [6.45, 7) is 8.11. The van der Waals surface area contributed by atoms with Crippen molar-refractivity contribution in [3.63, 3.8) is 0 Å². The lowest BCUT2D eigenvalue weighted by molar-refractivity contribution is 0.0440. The van der Waals surface area contributed by atoms with Gasteiger partial charge in [0.05, 0.1) is 19.3 Å². The van der Waals surface area contributed by atoms with Crippen molar-refractivity contribution in [1.29, 1.82) is 0 Å². The molecule has 6 nitrogen and oxygen atoms in total. The van der Waals surface area contributed by atoms with Gasteiger partial charge in [-0.3, -0.25) is 0 Å². The van der Waals surface area contributed by atoms with Crippen molar-refractivity contribution in [2.75, 3.05) is 13.2 Å². The van der Waals surface area contributed by atoms with Gasteiger partial charge in [0.2, 0.25) is 0 Å². The Labute approximate surface area is 120 Å². The van der Waals surface area contributed by atoms with Gasteiger partial charge in [-0.1, -0.05) is 26.0 Å². The van der Waals surface area contributed by atoms with Crippen molar-refractivity contribution >= 4 is 12.2 Å². The van der Waals surface area contributed by atoms with Crippen molar-refractivity contribution < 1.29 is 19.1 Å². The van der Waals surface area contributed by atoms with Crippen LogP contribution < -0.4 is 5.43 Å². The van der Waals surface area contributed by atoms with Gasteiger partial charge < -0.3 is 9.47 Å². The molecule has 0 saturated carbocycles. The zero-order chi connectivity index (χ0) is 15.1. The van der Waals surface area contributed by atoms with Crippen LogP contribution in [0.3, 0.4) is 0 Å². The summed E-state index contributed by atoms with van der Waals surface area (Å²) in [5.41, 5.74) is 2.49. The Morgan fingerprint density at radius 3 is 2.50 bits per heavy atom. The van der Waals surface area contributed by atoms with Crippen LogP contribution >= 0.6 is 0 Å². The number of hydrogen-bond acceptors (Lipinski definition) is 4. The second kappa shape index (κ2) is 7.77. The van der Waals surface area contributed by atoms with E-state index in [2.05, 4.69) is 25.3 Å². The number of amides is 2. The second-order valence-corrected chi connectivity index (χ2v) is 4.95. The lowest BCUT2D eigenvalue weighted by atomic mass is 9.91. The summed E-state index contributed by atoms with van der Waals surface area (Å²) < 4.78 is 9.85. The minimum absolute atomic E-state index is 0.140. The molecular formula is C14H24N2O4. The van der Waals surface area contributed by atoms with Crippen LogP contribution in [0.15, 0.2) is 12.2 Å². The van der Waals surface area contributed by atoms with E-state index >= 15 is 0 Å². The summed E-state index contributed by atoms with van der Waals surface area (Å²) >= 11 is 0. The summed E-state index contributed by atoms with van der Waals surface area (Å²) in [6, 6.07) is -0.140. The molecule has 1 aliphatic rings. The highest BCUT2D eigenvalue weighted by atomic mass is 16.6. The molecule has 1 N–H and O–H groups in total. The summed E-state index contributed by atoms with van der Waals surface area (Å²) in [5.74, 6) is 0.543. The highest BCUT2D eigenvalue weighted by Gasteiger charge is 2.35. The largest absolute Gasteiger partial charge is 0.449 e. The predicted octanol–water partition coefficient (Wildman–Crippen LogP) is 2.71. The molecule has 0 unspecified atom stereocenters. The van der Waals surface area contributed by atoms with Gasteiger partial charge in [0.1, 0.15) is 0 Å². The average Bonchev–Trinajstić information content (AvgIpc) is 2.85. The van der Waals surface area contributed by atoms with E-state index < -0.39 is 12.2 Å². The highest BCUT2D eigenvalue weighted by Crippen LogP contribution is 2.29. The first-order valence-electron chi connectivity index (χ1n) is 7.07.